The number of amides is 1. The summed E-state index contributed by atoms with van der Waals surface area (Å²) in [5.74, 6) is -0.379. The van der Waals surface area contributed by atoms with Crippen LogP contribution in [0.3, 0.4) is 0 Å². The van der Waals surface area contributed by atoms with E-state index >= 15 is 0 Å². The van der Waals surface area contributed by atoms with Gasteiger partial charge in [0.05, 0.1) is 6.61 Å². The normalized spacial score (nSPS) is 43.1. The average molecular weight is 241 g/mol. The van der Waals surface area contributed by atoms with E-state index in [-0.39, 0.29) is 11.9 Å². The lowest BCUT2D eigenvalue weighted by atomic mass is 9.88. The molecule has 0 unspecified atom stereocenters. The number of rotatable bonds is 2. The summed E-state index contributed by atoms with van der Waals surface area (Å²) in [5.41, 5.74) is -1.29. The Balaban J connectivity index is 1.90. The predicted octanol–water partition coefficient (Wildman–Crippen LogP) is 1.04. The fourth-order valence-electron chi connectivity index (χ4n) is 3.39. The summed E-state index contributed by atoms with van der Waals surface area (Å²) in [6.07, 6.45) is 0.946. The van der Waals surface area contributed by atoms with Gasteiger partial charge in [0.15, 0.2) is 0 Å². The molecule has 0 N–H and O–H groups in total. The topological polar surface area (TPSA) is 46.6 Å². The SMILES string of the molecule is CCOC(=O)[C@@]12CCC(=O)N1C[C@]1(C[C@@H]1F)C2. The molecule has 3 aliphatic rings. The van der Waals surface area contributed by atoms with Crippen molar-refractivity contribution in [3.05, 3.63) is 0 Å². The largest absolute Gasteiger partial charge is 0.464 e. The Kier molecular flexibility index (Phi) is 2.07. The fraction of sp³-hybridized carbons (Fsp3) is 0.833. The molecule has 5 heteroatoms. The molecule has 0 aromatic rings. The van der Waals surface area contributed by atoms with Crippen molar-refractivity contribution in [1.29, 1.82) is 0 Å². The van der Waals surface area contributed by atoms with Gasteiger partial charge in [0.25, 0.3) is 0 Å². The number of hydrogen-bond acceptors (Lipinski definition) is 3. The van der Waals surface area contributed by atoms with Crippen LogP contribution in [0.4, 0.5) is 4.39 Å². The Morgan fingerprint density at radius 2 is 2.35 bits per heavy atom. The average Bonchev–Trinajstić information content (AvgIpc) is 2.65. The van der Waals surface area contributed by atoms with Crippen LogP contribution < -0.4 is 0 Å². The molecule has 1 aliphatic carbocycles. The van der Waals surface area contributed by atoms with E-state index < -0.39 is 17.1 Å². The zero-order valence-corrected chi connectivity index (χ0v) is 9.87. The third-order valence-electron chi connectivity index (χ3n) is 4.43. The van der Waals surface area contributed by atoms with Gasteiger partial charge < -0.3 is 9.64 Å². The maximum absolute atomic E-state index is 13.4. The van der Waals surface area contributed by atoms with Crippen LogP contribution in [-0.4, -0.2) is 41.6 Å². The standard InChI is InChI=1S/C12H16FNO3/c1-2-17-10(16)12-4-3-9(15)14(12)7-11(6-12)5-8(11)13/h8H,2-7H2,1H3/t8-,11-,12-/m0/s1. The van der Waals surface area contributed by atoms with Gasteiger partial charge in [-0.15, -0.1) is 0 Å². The maximum Gasteiger partial charge on any atom is 0.332 e. The summed E-state index contributed by atoms with van der Waals surface area (Å²) < 4.78 is 18.5. The number of carbonyl (C=O) groups excluding carboxylic acids is 2. The molecule has 2 saturated heterocycles. The number of ether oxygens (including phenoxy) is 1. The first-order chi connectivity index (χ1) is 8.04. The number of carbonyl (C=O) groups is 2. The first-order valence-electron chi connectivity index (χ1n) is 6.16. The van der Waals surface area contributed by atoms with E-state index in [1.54, 1.807) is 11.8 Å². The summed E-state index contributed by atoms with van der Waals surface area (Å²) in [6.45, 7) is 2.44. The molecular formula is C12H16FNO3. The van der Waals surface area contributed by atoms with Crippen LogP contribution in [0.5, 0.6) is 0 Å². The molecule has 2 aliphatic heterocycles. The molecular weight excluding hydrogens is 225 g/mol. The second-order valence-corrected chi connectivity index (χ2v) is 5.44. The van der Waals surface area contributed by atoms with E-state index in [0.29, 0.717) is 38.8 Å². The lowest BCUT2D eigenvalue weighted by Gasteiger charge is -2.28. The van der Waals surface area contributed by atoms with Crippen LogP contribution in [0, 0.1) is 5.41 Å². The Morgan fingerprint density at radius 3 is 2.94 bits per heavy atom. The minimum Gasteiger partial charge on any atom is -0.464 e. The van der Waals surface area contributed by atoms with Crippen LogP contribution in [0.25, 0.3) is 0 Å². The molecule has 0 aromatic heterocycles. The molecule has 1 amide bonds. The van der Waals surface area contributed by atoms with E-state index in [1.807, 2.05) is 0 Å². The molecule has 1 saturated carbocycles. The van der Waals surface area contributed by atoms with Crippen molar-refractivity contribution < 1.29 is 18.7 Å². The highest BCUT2D eigenvalue weighted by Gasteiger charge is 2.71. The van der Waals surface area contributed by atoms with Crippen molar-refractivity contribution in [2.75, 3.05) is 13.2 Å². The van der Waals surface area contributed by atoms with E-state index in [2.05, 4.69) is 0 Å². The van der Waals surface area contributed by atoms with Gasteiger partial charge >= 0.3 is 5.97 Å². The molecule has 2 heterocycles. The minimum atomic E-state index is -0.854. The van der Waals surface area contributed by atoms with E-state index in [1.165, 1.54) is 0 Å². The van der Waals surface area contributed by atoms with Crippen molar-refractivity contribution in [3.8, 4) is 0 Å². The second kappa shape index (κ2) is 3.21. The first kappa shape index (κ1) is 11.0. The lowest BCUT2D eigenvalue weighted by Crippen LogP contribution is -2.48. The predicted molar refractivity (Wildman–Crippen MR) is 56.9 cm³/mol. The number of nitrogens with zero attached hydrogens (tertiary/aromatic N) is 1. The monoisotopic (exact) mass is 241 g/mol. The van der Waals surface area contributed by atoms with Crippen LogP contribution in [0.15, 0.2) is 0 Å². The van der Waals surface area contributed by atoms with Gasteiger partial charge in [-0.3, -0.25) is 4.79 Å². The zero-order chi connectivity index (χ0) is 12.3. The molecule has 3 atom stereocenters. The second-order valence-electron chi connectivity index (χ2n) is 5.44. The molecule has 4 nitrogen and oxygen atoms in total. The molecule has 94 valence electrons. The summed E-state index contributed by atoms with van der Waals surface area (Å²) in [5, 5.41) is 0. The summed E-state index contributed by atoms with van der Waals surface area (Å²) in [7, 11) is 0. The minimum absolute atomic E-state index is 0.0333. The quantitative estimate of drug-likeness (QED) is 0.679. The highest BCUT2D eigenvalue weighted by molar-refractivity contribution is 5.93. The Morgan fingerprint density at radius 1 is 1.65 bits per heavy atom. The Bertz CT molecular complexity index is 399. The molecule has 17 heavy (non-hydrogen) atoms. The number of fused-ring (bicyclic) bond motifs is 1. The van der Waals surface area contributed by atoms with E-state index in [0.717, 1.165) is 0 Å². The van der Waals surface area contributed by atoms with Crippen LogP contribution in [0.1, 0.15) is 32.6 Å². The molecule has 3 fully saturated rings. The van der Waals surface area contributed by atoms with Crippen LogP contribution >= 0.6 is 0 Å². The number of halogens is 1. The molecule has 1 spiro atoms. The van der Waals surface area contributed by atoms with Gasteiger partial charge in [-0.1, -0.05) is 0 Å². The van der Waals surface area contributed by atoms with Gasteiger partial charge in [0, 0.05) is 18.4 Å². The van der Waals surface area contributed by atoms with Gasteiger partial charge in [-0.2, -0.15) is 0 Å². The maximum atomic E-state index is 13.4. The third-order valence-corrected chi connectivity index (χ3v) is 4.43. The highest BCUT2D eigenvalue weighted by atomic mass is 19.1. The third kappa shape index (κ3) is 1.28. The van der Waals surface area contributed by atoms with Gasteiger partial charge in [0.1, 0.15) is 11.7 Å². The Hall–Kier alpha value is -1.13. The van der Waals surface area contributed by atoms with Crippen molar-refractivity contribution in [1.82, 2.24) is 4.90 Å². The van der Waals surface area contributed by atoms with Crippen molar-refractivity contribution in [2.24, 2.45) is 5.41 Å². The van der Waals surface area contributed by atoms with Gasteiger partial charge in [0.2, 0.25) is 5.91 Å². The van der Waals surface area contributed by atoms with E-state index in [9.17, 15) is 14.0 Å². The summed E-state index contributed by atoms with van der Waals surface area (Å²) in [4.78, 5) is 25.4. The van der Waals surface area contributed by atoms with Crippen LogP contribution in [0.2, 0.25) is 0 Å². The zero-order valence-electron chi connectivity index (χ0n) is 9.87. The van der Waals surface area contributed by atoms with Gasteiger partial charge in [-0.05, 0) is 26.2 Å². The summed E-state index contributed by atoms with van der Waals surface area (Å²) >= 11 is 0. The first-order valence-corrected chi connectivity index (χ1v) is 6.16. The lowest BCUT2D eigenvalue weighted by molar-refractivity contribution is -0.157. The molecule has 3 rings (SSSR count). The summed E-state index contributed by atoms with van der Waals surface area (Å²) in [6, 6.07) is 0. The molecule has 0 radical (unpaired) electrons. The number of alkyl halides is 1. The van der Waals surface area contributed by atoms with Crippen molar-refractivity contribution in [2.45, 2.75) is 44.3 Å². The van der Waals surface area contributed by atoms with Crippen LogP contribution in [-0.2, 0) is 14.3 Å². The Labute approximate surface area is 99.1 Å². The number of hydrogen-bond donors (Lipinski definition) is 0. The molecule has 0 bridgehead atoms. The van der Waals surface area contributed by atoms with Crippen molar-refractivity contribution >= 4 is 11.9 Å². The molecule has 0 aromatic carbocycles. The van der Waals surface area contributed by atoms with Gasteiger partial charge in [-0.25, -0.2) is 9.18 Å². The smallest absolute Gasteiger partial charge is 0.332 e. The number of esters is 1. The fourth-order valence-corrected chi connectivity index (χ4v) is 3.39. The highest BCUT2D eigenvalue weighted by Crippen LogP contribution is 2.62. The van der Waals surface area contributed by atoms with E-state index in [4.69, 9.17) is 4.74 Å². The van der Waals surface area contributed by atoms with Crippen molar-refractivity contribution in [3.63, 3.8) is 0 Å².